The molecule has 3 unspecified atom stereocenters. The number of aryl methyl sites for hydroxylation is 1. The number of hydrogen-bond acceptors (Lipinski definition) is 2. The van der Waals surface area contributed by atoms with Crippen LogP contribution in [0.25, 0.3) is 11.1 Å². The van der Waals surface area contributed by atoms with Crippen molar-refractivity contribution >= 4 is 18.3 Å². The van der Waals surface area contributed by atoms with Gasteiger partial charge in [0.1, 0.15) is 0 Å². The lowest BCUT2D eigenvalue weighted by atomic mass is 9.98. The van der Waals surface area contributed by atoms with E-state index in [-0.39, 0.29) is 12.4 Å². The van der Waals surface area contributed by atoms with Crippen molar-refractivity contribution < 1.29 is 4.79 Å². The van der Waals surface area contributed by atoms with E-state index in [2.05, 4.69) is 47.4 Å². The fourth-order valence-corrected chi connectivity index (χ4v) is 5.44. The fraction of sp³-hybridized carbons (Fsp3) is 0.458. The van der Waals surface area contributed by atoms with E-state index in [1.807, 2.05) is 0 Å². The maximum atomic E-state index is 12.6. The minimum absolute atomic E-state index is 0. The minimum Gasteiger partial charge on any atom is -0.342 e. The van der Waals surface area contributed by atoms with E-state index in [0.717, 1.165) is 38.8 Å². The van der Waals surface area contributed by atoms with E-state index in [1.54, 1.807) is 0 Å². The average Bonchev–Trinajstić information content (AvgIpc) is 3.36. The summed E-state index contributed by atoms with van der Waals surface area (Å²) in [5.74, 6) is 1.52. The van der Waals surface area contributed by atoms with Gasteiger partial charge in [-0.1, -0.05) is 42.5 Å². The second-order valence-corrected chi connectivity index (χ2v) is 8.64. The van der Waals surface area contributed by atoms with Crippen molar-refractivity contribution in [3.8, 4) is 11.1 Å². The Kier molecular flexibility index (Phi) is 5.48. The SMILES string of the molecule is Cl.NC1CCC2CN(C(=O)CCCc3ccc4c(c3)-c3ccccc3C4)CC12. The van der Waals surface area contributed by atoms with Gasteiger partial charge in [0, 0.05) is 25.6 Å². The van der Waals surface area contributed by atoms with Gasteiger partial charge in [0.25, 0.3) is 0 Å². The number of nitrogens with zero attached hydrogens (tertiary/aromatic N) is 1. The molecule has 2 N–H and O–H groups in total. The van der Waals surface area contributed by atoms with Crippen molar-refractivity contribution in [3.63, 3.8) is 0 Å². The van der Waals surface area contributed by atoms with Crippen LogP contribution < -0.4 is 5.73 Å². The second-order valence-electron chi connectivity index (χ2n) is 8.64. The standard InChI is InChI=1S/C24H28N2O.ClH/c25-23-11-10-19-14-26(15-22(19)23)24(27)7-3-4-16-8-9-18-13-17-5-1-2-6-20(17)21(18)12-16;/h1-2,5-6,8-9,12,19,22-23H,3-4,7,10-11,13-15,25H2;1H. The number of fused-ring (bicyclic) bond motifs is 4. The molecule has 1 heterocycles. The van der Waals surface area contributed by atoms with Gasteiger partial charge >= 0.3 is 0 Å². The van der Waals surface area contributed by atoms with Gasteiger partial charge in [-0.3, -0.25) is 4.79 Å². The molecule has 1 saturated heterocycles. The molecule has 28 heavy (non-hydrogen) atoms. The number of likely N-dealkylation sites (tertiary alicyclic amines) is 1. The van der Waals surface area contributed by atoms with Crippen LogP contribution in [0.4, 0.5) is 0 Å². The quantitative estimate of drug-likeness (QED) is 0.718. The summed E-state index contributed by atoms with van der Waals surface area (Å²) in [7, 11) is 0. The molecule has 3 nitrogen and oxygen atoms in total. The van der Waals surface area contributed by atoms with Crippen LogP contribution in [0.1, 0.15) is 42.4 Å². The van der Waals surface area contributed by atoms with Crippen LogP contribution in [0.5, 0.6) is 0 Å². The summed E-state index contributed by atoms with van der Waals surface area (Å²) < 4.78 is 0. The molecule has 2 aromatic carbocycles. The smallest absolute Gasteiger partial charge is 0.222 e. The molecule has 1 saturated carbocycles. The number of halogens is 1. The maximum Gasteiger partial charge on any atom is 0.222 e. The zero-order chi connectivity index (χ0) is 18.4. The van der Waals surface area contributed by atoms with Gasteiger partial charge in [-0.25, -0.2) is 0 Å². The zero-order valence-corrected chi connectivity index (χ0v) is 17.1. The van der Waals surface area contributed by atoms with Gasteiger partial charge in [-0.05, 0) is 71.8 Å². The predicted octanol–water partition coefficient (Wildman–Crippen LogP) is 4.20. The summed E-state index contributed by atoms with van der Waals surface area (Å²) >= 11 is 0. The Bertz CT molecular complexity index is 881. The van der Waals surface area contributed by atoms with E-state index in [4.69, 9.17) is 5.73 Å². The fourth-order valence-electron chi connectivity index (χ4n) is 5.44. The highest BCUT2D eigenvalue weighted by atomic mass is 35.5. The topological polar surface area (TPSA) is 46.3 Å². The van der Waals surface area contributed by atoms with Crippen LogP contribution in [0.2, 0.25) is 0 Å². The first-order valence-corrected chi connectivity index (χ1v) is 10.4. The molecule has 2 aliphatic carbocycles. The van der Waals surface area contributed by atoms with Crippen molar-refractivity contribution in [3.05, 3.63) is 59.2 Å². The molecule has 0 bridgehead atoms. The van der Waals surface area contributed by atoms with Gasteiger partial charge in [-0.15, -0.1) is 12.4 Å². The lowest BCUT2D eigenvalue weighted by molar-refractivity contribution is -0.130. The Morgan fingerprint density at radius 2 is 1.86 bits per heavy atom. The minimum atomic E-state index is 0. The summed E-state index contributed by atoms with van der Waals surface area (Å²) in [5.41, 5.74) is 13.2. The molecule has 1 aliphatic heterocycles. The van der Waals surface area contributed by atoms with Gasteiger partial charge in [0.05, 0.1) is 0 Å². The largest absolute Gasteiger partial charge is 0.342 e. The molecule has 0 aromatic heterocycles. The van der Waals surface area contributed by atoms with Crippen LogP contribution in [-0.2, 0) is 17.6 Å². The Morgan fingerprint density at radius 1 is 1.04 bits per heavy atom. The lowest BCUT2D eigenvalue weighted by Crippen LogP contribution is -2.33. The average molecular weight is 397 g/mol. The van der Waals surface area contributed by atoms with Crippen LogP contribution in [0.15, 0.2) is 42.5 Å². The lowest BCUT2D eigenvalue weighted by Gasteiger charge is -2.18. The predicted molar refractivity (Wildman–Crippen MR) is 116 cm³/mol. The van der Waals surface area contributed by atoms with E-state index < -0.39 is 0 Å². The Balaban J connectivity index is 0.00000192. The number of rotatable bonds is 4. The summed E-state index contributed by atoms with van der Waals surface area (Å²) in [4.78, 5) is 14.7. The number of amides is 1. The molecule has 0 radical (unpaired) electrons. The van der Waals surface area contributed by atoms with E-state index in [9.17, 15) is 4.79 Å². The molecule has 3 aliphatic rings. The van der Waals surface area contributed by atoms with Gasteiger partial charge < -0.3 is 10.6 Å². The van der Waals surface area contributed by atoms with Crippen molar-refractivity contribution in [2.75, 3.05) is 13.1 Å². The van der Waals surface area contributed by atoms with Crippen LogP contribution in [0.3, 0.4) is 0 Å². The number of nitrogens with two attached hydrogens (primary N) is 1. The molecular weight excluding hydrogens is 368 g/mol. The molecule has 2 aromatic rings. The molecule has 1 amide bonds. The van der Waals surface area contributed by atoms with Crippen LogP contribution in [0, 0.1) is 11.8 Å². The molecule has 2 fully saturated rings. The third-order valence-electron chi connectivity index (χ3n) is 6.98. The van der Waals surface area contributed by atoms with E-state index in [1.165, 1.54) is 34.2 Å². The van der Waals surface area contributed by atoms with Gasteiger partial charge in [-0.2, -0.15) is 0 Å². The Hall–Kier alpha value is -1.84. The summed E-state index contributed by atoms with van der Waals surface area (Å²) in [5, 5.41) is 0. The number of carbonyl (C=O) groups excluding carboxylic acids is 1. The molecule has 4 heteroatoms. The van der Waals surface area contributed by atoms with Crippen LogP contribution in [-0.4, -0.2) is 29.9 Å². The van der Waals surface area contributed by atoms with Crippen molar-refractivity contribution in [1.82, 2.24) is 4.90 Å². The first-order chi connectivity index (χ1) is 13.2. The van der Waals surface area contributed by atoms with Crippen LogP contribution >= 0.6 is 12.4 Å². The summed E-state index contributed by atoms with van der Waals surface area (Å²) in [6.07, 6.45) is 5.94. The van der Waals surface area contributed by atoms with Gasteiger partial charge in [0.15, 0.2) is 0 Å². The highest BCUT2D eigenvalue weighted by molar-refractivity contribution is 5.85. The monoisotopic (exact) mass is 396 g/mol. The van der Waals surface area contributed by atoms with Gasteiger partial charge in [0.2, 0.25) is 5.91 Å². The Morgan fingerprint density at radius 3 is 2.71 bits per heavy atom. The highest BCUT2D eigenvalue weighted by Crippen LogP contribution is 2.38. The van der Waals surface area contributed by atoms with E-state index in [0.29, 0.717) is 30.2 Å². The Labute approximate surface area is 173 Å². The number of hydrogen-bond donors (Lipinski definition) is 1. The first kappa shape index (κ1) is 19.5. The number of benzene rings is 2. The molecule has 0 spiro atoms. The summed E-state index contributed by atoms with van der Waals surface area (Å²) in [6.45, 7) is 1.83. The third-order valence-corrected chi connectivity index (χ3v) is 6.98. The van der Waals surface area contributed by atoms with Crippen molar-refractivity contribution in [1.29, 1.82) is 0 Å². The molecule has 3 atom stereocenters. The highest BCUT2D eigenvalue weighted by Gasteiger charge is 2.42. The molecular formula is C24H29ClN2O. The maximum absolute atomic E-state index is 12.6. The normalized spacial score (nSPS) is 24.5. The third kappa shape index (κ3) is 3.46. The van der Waals surface area contributed by atoms with Crippen molar-refractivity contribution in [2.45, 2.75) is 44.6 Å². The first-order valence-electron chi connectivity index (χ1n) is 10.4. The number of carbonyl (C=O) groups is 1. The van der Waals surface area contributed by atoms with E-state index >= 15 is 0 Å². The zero-order valence-electron chi connectivity index (χ0n) is 16.3. The molecule has 148 valence electrons. The summed E-state index contributed by atoms with van der Waals surface area (Å²) in [6, 6.07) is 15.9. The second kappa shape index (κ2) is 7.88. The van der Waals surface area contributed by atoms with Crippen molar-refractivity contribution in [2.24, 2.45) is 17.6 Å². The molecule has 5 rings (SSSR count).